The number of nitrogens with zero attached hydrogens (tertiary/aromatic N) is 1. The second-order valence-corrected chi connectivity index (χ2v) is 1.73. The van der Waals surface area contributed by atoms with Crippen LogP contribution in [-0.2, 0) is 6.42 Å². The van der Waals surface area contributed by atoms with E-state index in [-0.39, 0.29) is 4.84 Å². The van der Waals surface area contributed by atoms with E-state index >= 15 is 0 Å². The molecule has 1 aromatic heterocycles. The molecule has 0 spiro atoms. The van der Waals surface area contributed by atoms with Gasteiger partial charge in [0.05, 0.1) is 0 Å². The Morgan fingerprint density at radius 1 is 1.60 bits per heavy atom. The highest BCUT2D eigenvalue weighted by atomic mass is 32.1. The van der Waals surface area contributed by atoms with Crippen molar-refractivity contribution in [1.82, 2.24) is 10.1 Å². The molecule has 1 N–H and O–H groups in total. The summed E-state index contributed by atoms with van der Waals surface area (Å²) in [5.74, 6) is 0.801. The van der Waals surface area contributed by atoms with Crippen molar-refractivity contribution in [2.45, 2.75) is 27.2 Å². The molecule has 0 aromatic carbocycles. The summed E-state index contributed by atoms with van der Waals surface area (Å²) in [6.45, 7) is 5.98. The fourth-order valence-electron chi connectivity index (χ4n) is 0.410. The maximum absolute atomic E-state index is 4.63. The van der Waals surface area contributed by atoms with Gasteiger partial charge in [0.1, 0.15) is 5.82 Å². The van der Waals surface area contributed by atoms with E-state index in [0.717, 1.165) is 12.2 Å². The van der Waals surface area contributed by atoms with Gasteiger partial charge in [-0.3, -0.25) is 0 Å². The number of aryl methyl sites for hydroxylation is 1. The first-order valence-corrected chi connectivity index (χ1v) is 3.78. The molecule has 58 valence electrons. The minimum absolute atomic E-state index is 0.279. The topological polar surface area (TPSA) is 41.8 Å². The molecular formula is C6H12N2OS. The molecule has 1 aromatic rings. The normalized spacial score (nSPS) is 8.30. The van der Waals surface area contributed by atoms with Crippen LogP contribution in [0.15, 0.2) is 4.52 Å². The molecule has 0 unspecified atom stereocenters. The van der Waals surface area contributed by atoms with Crippen LogP contribution in [0.5, 0.6) is 0 Å². The molecule has 0 aliphatic carbocycles. The van der Waals surface area contributed by atoms with E-state index in [9.17, 15) is 0 Å². The van der Waals surface area contributed by atoms with Crippen LogP contribution in [0.25, 0.3) is 0 Å². The Hall–Kier alpha value is -0.640. The Balaban J connectivity index is 0.000000371. The summed E-state index contributed by atoms with van der Waals surface area (Å²) < 4.78 is 4.63. The van der Waals surface area contributed by atoms with Crippen molar-refractivity contribution in [2.24, 2.45) is 0 Å². The van der Waals surface area contributed by atoms with Crippen LogP contribution in [0, 0.1) is 4.84 Å². The van der Waals surface area contributed by atoms with Crippen molar-refractivity contribution in [2.75, 3.05) is 0 Å². The standard InChI is InChI=1S/C4H6N2OS.C2H6/c1-2-3-5-4(8)7-6-3;1-2/h2H2,1H3,(H,5,6,8);1-2H3. The molecule has 0 fully saturated rings. The molecule has 0 saturated carbocycles. The second-order valence-electron chi connectivity index (χ2n) is 1.38. The van der Waals surface area contributed by atoms with Crippen LogP contribution < -0.4 is 0 Å². The van der Waals surface area contributed by atoms with Gasteiger partial charge in [0, 0.05) is 6.42 Å². The van der Waals surface area contributed by atoms with Crippen molar-refractivity contribution in [1.29, 1.82) is 0 Å². The minimum Gasteiger partial charge on any atom is -0.348 e. The lowest BCUT2D eigenvalue weighted by Crippen LogP contribution is -1.79. The number of rotatable bonds is 1. The number of aromatic amines is 1. The molecule has 0 aliphatic rings. The molecule has 4 heteroatoms. The zero-order chi connectivity index (χ0) is 7.98. The first-order chi connectivity index (χ1) is 4.83. The fraction of sp³-hybridized carbons (Fsp3) is 0.667. The quantitative estimate of drug-likeness (QED) is 0.641. The van der Waals surface area contributed by atoms with Crippen LogP contribution in [0.3, 0.4) is 0 Å². The van der Waals surface area contributed by atoms with Gasteiger partial charge in [0.25, 0.3) is 0 Å². The Morgan fingerprint density at radius 3 is 2.40 bits per heavy atom. The summed E-state index contributed by atoms with van der Waals surface area (Å²) in [4.78, 5) is 4.10. The van der Waals surface area contributed by atoms with E-state index in [1.807, 2.05) is 20.8 Å². The van der Waals surface area contributed by atoms with Gasteiger partial charge < -0.3 is 4.52 Å². The highest BCUT2D eigenvalue weighted by Gasteiger charge is 1.89. The van der Waals surface area contributed by atoms with E-state index in [1.165, 1.54) is 0 Å². The Kier molecular flexibility index (Phi) is 4.84. The molecule has 1 rings (SSSR count). The van der Waals surface area contributed by atoms with Crippen molar-refractivity contribution >= 4 is 12.2 Å². The average Bonchev–Trinajstić information content (AvgIpc) is 2.40. The summed E-state index contributed by atoms with van der Waals surface area (Å²) >= 11 is 4.59. The van der Waals surface area contributed by atoms with Gasteiger partial charge in [0.2, 0.25) is 0 Å². The number of aromatic nitrogens is 2. The molecule has 10 heavy (non-hydrogen) atoms. The zero-order valence-corrected chi connectivity index (χ0v) is 7.29. The van der Waals surface area contributed by atoms with E-state index < -0.39 is 0 Å². The van der Waals surface area contributed by atoms with Gasteiger partial charge >= 0.3 is 4.84 Å². The van der Waals surface area contributed by atoms with E-state index in [1.54, 1.807) is 0 Å². The lowest BCUT2D eigenvalue weighted by atomic mass is 10.5. The van der Waals surface area contributed by atoms with Crippen LogP contribution in [0.2, 0.25) is 0 Å². The Labute approximate surface area is 65.4 Å². The van der Waals surface area contributed by atoms with Crippen LogP contribution in [0.4, 0.5) is 0 Å². The van der Waals surface area contributed by atoms with E-state index in [0.29, 0.717) is 0 Å². The van der Waals surface area contributed by atoms with Crippen LogP contribution in [0.1, 0.15) is 26.6 Å². The fourth-order valence-corrected chi connectivity index (χ4v) is 0.561. The molecular weight excluding hydrogens is 148 g/mol. The smallest absolute Gasteiger partial charge is 0.314 e. The predicted octanol–water partition coefficient (Wildman–Crippen LogP) is 2.32. The van der Waals surface area contributed by atoms with Gasteiger partial charge in [-0.1, -0.05) is 20.8 Å². The number of hydrogen-bond acceptors (Lipinski definition) is 3. The second kappa shape index (κ2) is 5.17. The van der Waals surface area contributed by atoms with Gasteiger partial charge in [-0.05, 0) is 12.2 Å². The summed E-state index contributed by atoms with van der Waals surface area (Å²) in [6.07, 6.45) is 0.833. The Morgan fingerprint density at radius 2 is 2.20 bits per heavy atom. The third-order valence-electron chi connectivity index (χ3n) is 0.817. The van der Waals surface area contributed by atoms with Crippen LogP contribution in [-0.4, -0.2) is 10.1 Å². The first kappa shape index (κ1) is 9.36. The number of hydrogen-bond donors (Lipinski definition) is 1. The van der Waals surface area contributed by atoms with Crippen molar-refractivity contribution < 1.29 is 4.52 Å². The highest BCUT2D eigenvalue weighted by Crippen LogP contribution is 1.89. The van der Waals surface area contributed by atoms with E-state index in [4.69, 9.17) is 0 Å². The van der Waals surface area contributed by atoms with Gasteiger partial charge in [-0.25, -0.2) is 5.16 Å². The number of nitrogens with one attached hydrogen (secondary N) is 1. The molecule has 1 heterocycles. The summed E-state index contributed by atoms with van der Waals surface area (Å²) in [5.41, 5.74) is 0. The molecule has 3 nitrogen and oxygen atoms in total. The zero-order valence-electron chi connectivity index (χ0n) is 6.47. The van der Waals surface area contributed by atoms with Crippen molar-refractivity contribution in [3.05, 3.63) is 10.7 Å². The molecule has 0 atom stereocenters. The molecule has 0 bridgehead atoms. The Bertz CT molecular complexity index is 216. The third-order valence-corrected chi connectivity index (χ3v) is 0.992. The van der Waals surface area contributed by atoms with Gasteiger partial charge in [-0.15, -0.1) is 0 Å². The summed E-state index contributed by atoms with van der Waals surface area (Å²) in [5, 5.41) is 2.56. The molecule has 0 aliphatic heterocycles. The van der Waals surface area contributed by atoms with Crippen LogP contribution >= 0.6 is 12.2 Å². The highest BCUT2D eigenvalue weighted by molar-refractivity contribution is 7.71. The van der Waals surface area contributed by atoms with Gasteiger partial charge in [0.15, 0.2) is 0 Å². The maximum Gasteiger partial charge on any atom is 0.314 e. The largest absolute Gasteiger partial charge is 0.348 e. The predicted molar refractivity (Wildman–Crippen MR) is 42.4 cm³/mol. The average molecular weight is 160 g/mol. The minimum atomic E-state index is 0.279. The third kappa shape index (κ3) is 2.77. The van der Waals surface area contributed by atoms with Crippen molar-refractivity contribution in [3.8, 4) is 0 Å². The first-order valence-electron chi connectivity index (χ1n) is 3.37. The lowest BCUT2D eigenvalue weighted by Gasteiger charge is -1.76. The number of H-pyrrole nitrogens is 1. The summed E-state index contributed by atoms with van der Waals surface area (Å²) in [6, 6.07) is 0. The van der Waals surface area contributed by atoms with E-state index in [2.05, 4.69) is 26.9 Å². The summed E-state index contributed by atoms with van der Waals surface area (Å²) in [7, 11) is 0. The lowest BCUT2D eigenvalue weighted by molar-refractivity contribution is 0.399. The monoisotopic (exact) mass is 160 g/mol. The molecule has 0 saturated heterocycles. The maximum atomic E-state index is 4.63. The molecule has 0 amide bonds. The SMILES string of the molecule is CC.CCc1nc(=S)o[nH]1. The van der Waals surface area contributed by atoms with Crippen molar-refractivity contribution in [3.63, 3.8) is 0 Å². The molecule has 0 radical (unpaired) electrons. The van der Waals surface area contributed by atoms with Gasteiger partial charge in [-0.2, -0.15) is 4.98 Å².